The van der Waals surface area contributed by atoms with Crippen LogP contribution in [0.4, 0.5) is 0 Å². The number of ketones is 3. The third-order valence-corrected chi connectivity index (χ3v) is 4.97. The molecule has 0 aromatic heterocycles. The first-order valence-electron chi connectivity index (χ1n) is 11.0. The van der Waals surface area contributed by atoms with E-state index in [2.05, 4.69) is 0 Å². The highest BCUT2D eigenvalue weighted by atomic mass is 16.5. The lowest BCUT2D eigenvalue weighted by molar-refractivity contribution is -0.119. The molecular formula is C28H28O6. The van der Waals surface area contributed by atoms with Crippen molar-refractivity contribution in [3.05, 3.63) is 89.5 Å². The van der Waals surface area contributed by atoms with Crippen molar-refractivity contribution in [2.75, 3.05) is 19.8 Å². The van der Waals surface area contributed by atoms with Crippen LogP contribution in [0, 0.1) is 0 Å². The second-order valence-electron chi connectivity index (χ2n) is 8.11. The van der Waals surface area contributed by atoms with Crippen LogP contribution < -0.4 is 14.2 Å². The van der Waals surface area contributed by atoms with E-state index in [1.807, 2.05) is 72.8 Å². The number of hydrogen-bond acceptors (Lipinski definition) is 6. The molecule has 176 valence electrons. The van der Waals surface area contributed by atoms with E-state index in [4.69, 9.17) is 14.2 Å². The van der Waals surface area contributed by atoms with Crippen LogP contribution in [0.3, 0.4) is 0 Å². The second kappa shape index (κ2) is 11.8. The molecule has 3 rings (SSSR count). The van der Waals surface area contributed by atoms with Gasteiger partial charge in [0, 0.05) is 5.92 Å². The van der Waals surface area contributed by atoms with Crippen LogP contribution in [0.2, 0.25) is 0 Å². The van der Waals surface area contributed by atoms with Gasteiger partial charge in [-0.3, -0.25) is 14.4 Å². The highest BCUT2D eigenvalue weighted by Crippen LogP contribution is 2.34. The summed E-state index contributed by atoms with van der Waals surface area (Å²) in [5.41, 5.74) is 3.10. The van der Waals surface area contributed by atoms with Gasteiger partial charge in [0.2, 0.25) is 0 Å². The summed E-state index contributed by atoms with van der Waals surface area (Å²) in [5.74, 6) is 1.66. The van der Waals surface area contributed by atoms with Gasteiger partial charge in [-0.15, -0.1) is 0 Å². The summed E-state index contributed by atoms with van der Waals surface area (Å²) in [6, 6.07) is 22.9. The van der Waals surface area contributed by atoms with Crippen molar-refractivity contribution in [2.45, 2.75) is 26.7 Å². The van der Waals surface area contributed by atoms with Gasteiger partial charge in [-0.25, -0.2) is 0 Å². The van der Waals surface area contributed by atoms with E-state index < -0.39 is 0 Å². The van der Waals surface area contributed by atoms with Crippen molar-refractivity contribution in [3.63, 3.8) is 0 Å². The summed E-state index contributed by atoms with van der Waals surface area (Å²) in [6.07, 6.45) is 0. The van der Waals surface area contributed by atoms with Gasteiger partial charge in [-0.2, -0.15) is 0 Å². The second-order valence-corrected chi connectivity index (χ2v) is 8.11. The molecule has 34 heavy (non-hydrogen) atoms. The molecule has 6 nitrogen and oxygen atoms in total. The van der Waals surface area contributed by atoms with E-state index in [9.17, 15) is 14.4 Å². The van der Waals surface area contributed by atoms with Crippen LogP contribution >= 0.6 is 0 Å². The fraction of sp³-hybridized carbons (Fsp3) is 0.250. The monoisotopic (exact) mass is 460 g/mol. The predicted octanol–water partition coefficient (Wildman–Crippen LogP) is 4.77. The molecule has 0 bridgehead atoms. The lowest BCUT2D eigenvalue weighted by atomic mass is 9.85. The minimum atomic E-state index is -0.0921. The van der Waals surface area contributed by atoms with Gasteiger partial charge in [0.25, 0.3) is 0 Å². The summed E-state index contributed by atoms with van der Waals surface area (Å²) in [4.78, 5) is 33.6. The van der Waals surface area contributed by atoms with E-state index in [0.717, 1.165) is 16.7 Å². The molecular weight excluding hydrogens is 432 g/mol. The van der Waals surface area contributed by atoms with E-state index in [1.54, 1.807) is 0 Å². The van der Waals surface area contributed by atoms with Gasteiger partial charge in [-0.1, -0.05) is 36.4 Å². The number of ether oxygens (including phenoxy) is 3. The van der Waals surface area contributed by atoms with Gasteiger partial charge in [-0.05, 0) is 73.9 Å². The molecule has 0 fully saturated rings. The topological polar surface area (TPSA) is 78.9 Å². The minimum Gasteiger partial charge on any atom is -0.486 e. The number of rotatable bonds is 12. The molecule has 3 aromatic rings. The normalized spacial score (nSPS) is 10.6. The van der Waals surface area contributed by atoms with Crippen molar-refractivity contribution in [1.29, 1.82) is 0 Å². The summed E-state index contributed by atoms with van der Waals surface area (Å²) < 4.78 is 16.5. The molecule has 0 radical (unpaired) electrons. The average Bonchev–Trinajstić information content (AvgIpc) is 2.82. The maximum atomic E-state index is 11.2. The van der Waals surface area contributed by atoms with E-state index in [0.29, 0.717) is 17.2 Å². The molecule has 3 aromatic carbocycles. The smallest absolute Gasteiger partial charge is 0.167 e. The van der Waals surface area contributed by atoms with Crippen molar-refractivity contribution in [3.8, 4) is 17.2 Å². The standard InChI is InChI=1S/C28H28O6/c1-19(29)16-32-25-10-4-22(5-11-25)28(23-6-12-26(13-7-23)33-17-20(2)30)24-8-14-27(15-9-24)34-18-21(3)31/h4-15,28H,16-18H2,1-3H3. The van der Waals surface area contributed by atoms with Gasteiger partial charge < -0.3 is 14.2 Å². The fourth-order valence-corrected chi connectivity index (χ4v) is 3.40. The zero-order chi connectivity index (χ0) is 24.5. The fourth-order valence-electron chi connectivity index (χ4n) is 3.40. The SMILES string of the molecule is CC(=O)COc1ccc(C(c2ccc(OCC(C)=O)cc2)c2ccc(OCC(C)=O)cc2)cc1. The maximum absolute atomic E-state index is 11.2. The number of carbonyl (C=O) groups is 3. The molecule has 0 unspecified atom stereocenters. The number of carbonyl (C=O) groups excluding carboxylic acids is 3. The van der Waals surface area contributed by atoms with Crippen LogP contribution in [-0.2, 0) is 14.4 Å². The summed E-state index contributed by atoms with van der Waals surface area (Å²) >= 11 is 0. The molecule has 0 saturated carbocycles. The van der Waals surface area contributed by atoms with Crippen LogP contribution in [-0.4, -0.2) is 37.2 Å². The molecule has 0 amide bonds. The average molecular weight is 461 g/mol. The van der Waals surface area contributed by atoms with Crippen molar-refractivity contribution >= 4 is 17.3 Å². The number of Topliss-reactive ketones (excluding diaryl/α,β-unsaturated/α-hetero) is 3. The Morgan fingerprint density at radius 1 is 0.500 bits per heavy atom. The Hall–Kier alpha value is -3.93. The number of hydrogen-bond donors (Lipinski definition) is 0. The van der Waals surface area contributed by atoms with Crippen LogP contribution in [0.5, 0.6) is 17.2 Å². The van der Waals surface area contributed by atoms with Crippen molar-refractivity contribution in [1.82, 2.24) is 0 Å². The summed E-state index contributed by atoms with van der Waals surface area (Å²) in [7, 11) is 0. The molecule has 0 heterocycles. The maximum Gasteiger partial charge on any atom is 0.167 e. The van der Waals surface area contributed by atoms with Gasteiger partial charge in [0.1, 0.15) is 37.1 Å². The zero-order valence-electron chi connectivity index (χ0n) is 19.6. The van der Waals surface area contributed by atoms with Crippen LogP contribution in [0.1, 0.15) is 43.4 Å². The third kappa shape index (κ3) is 7.30. The van der Waals surface area contributed by atoms with E-state index >= 15 is 0 Å². The molecule has 0 saturated heterocycles. The Bertz CT molecular complexity index is 969. The van der Waals surface area contributed by atoms with Gasteiger partial charge >= 0.3 is 0 Å². The first-order valence-corrected chi connectivity index (χ1v) is 11.0. The molecule has 0 aliphatic heterocycles. The van der Waals surface area contributed by atoms with E-state index in [-0.39, 0.29) is 43.1 Å². The Morgan fingerprint density at radius 2 is 0.735 bits per heavy atom. The zero-order valence-corrected chi connectivity index (χ0v) is 19.6. The third-order valence-electron chi connectivity index (χ3n) is 4.97. The van der Waals surface area contributed by atoms with Crippen LogP contribution in [0.25, 0.3) is 0 Å². The Morgan fingerprint density at radius 3 is 0.941 bits per heavy atom. The molecule has 0 aliphatic carbocycles. The Labute approximate surface area is 199 Å². The predicted molar refractivity (Wildman–Crippen MR) is 129 cm³/mol. The van der Waals surface area contributed by atoms with Crippen molar-refractivity contribution < 1.29 is 28.6 Å². The Balaban J connectivity index is 1.89. The van der Waals surface area contributed by atoms with E-state index in [1.165, 1.54) is 20.8 Å². The van der Waals surface area contributed by atoms with Gasteiger partial charge in [0.15, 0.2) is 17.3 Å². The summed E-state index contributed by atoms with van der Waals surface area (Å²) in [6.45, 7) is 4.55. The lowest BCUT2D eigenvalue weighted by Crippen LogP contribution is -2.08. The highest BCUT2D eigenvalue weighted by molar-refractivity contribution is 5.77. The first kappa shape index (κ1) is 24.7. The Kier molecular flexibility index (Phi) is 8.57. The molecule has 6 heteroatoms. The first-order chi connectivity index (χ1) is 16.3. The molecule has 0 aliphatic rings. The minimum absolute atomic E-state index is 0.0340. The van der Waals surface area contributed by atoms with Crippen molar-refractivity contribution in [2.24, 2.45) is 0 Å². The number of benzene rings is 3. The largest absolute Gasteiger partial charge is 0.486 e. The lowest BCUT2D eigenvalue weighted by Gasteiger charge is -2.20. The quantitative estimate of drug-likeness (QED) is 0.362. The molecule has 0 N–H and O–H groups in total. The van der Waals surface area contributed by atoms with Crippen LogP contribution in [0.15, 0.2) is 72.8 Å². The highest BCUT2D eigenvalue weighted by Gasteiger charge is 2.18. The molecule has 0 atom stereocenters. The molecule has 0 spiro atoms. The summed E-state index contributed by atoms with van der Waals surface area (Å²) in [5, 5.41) is 0. The van der Waals surface area contributed by atoms with Gasteiger partial charge in [0.05, 0.1) is 0 Å².